The summed E-state index contributed by atoms with van der Waals surface area (Å²) in [4.78, 5) is 26.7. The molecule has 1 fully saturated rings. The van der Waals surface area contributed by atoms with Crippen LogP contribution in [0, 0.1) is 11.3 Å². The number of amidine groups is 1. The first kappa shape index (κ1) is 31.1. The van der Waals surface area contributed by atoms with Crippen LogP contribution < -0.4 is 9.91 Å². The van der Waals surface area contributed by atoms with Crippen LogP contribution in [0.4, 0.5) is 17.2 Å². The second-order valence-corrected chi connectivity index (χ2v) is 13.2. The van der Waals surface area contributed by atoms with E-state index >= 15 is 0 Å². The number of aliphatic imine (C=N–C) groups is 1. The minimum atomic E-state index is -0.242. The predicted molar refractivity (Wildman–Crippen MR) is 205 cm³/mol. The van der Waals surface area contributed by atoms with Crippen molar-refractivity contribution in [3.8, 4) is 28.5 Å². The van der Waals surface area contributed by atoms with Crippen molar-refractivity contribution in [1.29, 1.82) is 5.26 Å². The number of anilines is 2. The Balaban J connectivity index is 1.32. The standard InChI is InChI=1S/C41H26N6OS2/c42-27-34-33(28-16-6-1-7-17-28)26-35(29-18-8-2-9-19-29)43-37(34)44-41-46(31-22-12-4-13-23-31)39(48)36(49-41)40-47(32-24-14-5-15-25-32)45-38(50-40)30-20-10-3-11-21-30/h1-26H/b40-36-,44-41-. The van der Waals surface area contributed by atoms with E-state index in [1.54, 1.807) is 4.90 Å². The van der Waals surface area contributed by atoms with Crippen LogP contribution in [0.25, 0.3) is 22.4 Å². The van der Waals surface area contributed by atoms with Gasteiger partial charge in [0.25, 0.3) is 5.91 Å². The Morgan fingerprint density at radius 1 is 0.640 bits per heavy atom. The van der Waals surface area contributed by atoms with Gasteiger partial charge in [-0.05, 0) is 59.4 Å². The fraction of sp³-hybridized carbons (Fsp3) is 0. The maximum absolute atomic E-state index is 14.6. The van der Waals surface area contributed by atoms with Crippen molar-refractivity contribution < 1.29 is 4.79 Å². The molecule has 0 atom stereocenters. The number of nitrogens with zero attached hydrogens (tertiary/aromatic N) is 6. The Labute approximate surface area is 298 Å². The minimum Gasteiger partial charge on any atom is -0.267 e. The molecule has 0 spiro atoms. The summed E-state index contributed by atoms with van der Waals surface area (Å²) < 4.78 is 0. The van der Waals surface area contributed by atoms with Gasteiger partial charge >= 0.3 is 0 Å². The van der Waals surface area contributed by atoms with Gasteiger partial charge in [-0.15, -0.1) is 0 Å². The van der Waals surface area contributed by atoms with Crippen molar-refractivity contribution in [2.45, 2.75) is 0 Å². The number of hydrazone groups is 1. The third kappa shape index (κ3) is 5.98. The van der Waals surface area contributed by atoms with Crippen molar-refractivity contribution >= 4 is 56.8 Å². The van der Waals surface area contributed by atoms with E-state index in [0.29, 0.717) is 37.6 Å². The molecule has 1 saturated heterocycles. The number of thioether (sulfide) groups is 2. The van der Waals surface area contributed by atoms with Crippen molar-refractivity contribution in [2.24, 2.45) is 10.1 Å². The number of carbonyl (C=O) groups is 1. The molecule has 0 aliphatic carbocycles. The summed E-state index contributed by atoms with van der Waals surface area (Å²) in [5, 5.41) is 19.2. The van der Waals surface area contributed by atoms with Crippen LogP contribution in [-0.2, 0) is 4.79 Å². The highest BCUT2D eigenvalue weighted by atomic mass is 32.2. The Morgan fingerprint density at radius 3 is 1.78 bits per heavy atom. The number of hydrogen-bond acceptors (Lipinski definition) is 8. The highest BCUT2D eigenvalue weighted by molar-refractivity contribution is 8.22. The van der Waals surface area contributed by atoms with Gasteiger partial charge in [0.15, 0.2) is 11.0 Å². The molecule has 5 aromatic carbocycles. The molecule has 3 heterocycles. The fourth-order valence-electron chi connectivity index (χ4n) is 5.67. The van der Waals surface area contributed by atoms with Gasteiger partial charge in [0.2, 0.25) is 0 Å². The molecule has 0 N–H and O–H groups in total. The molecule has 7 nitrogen and oxygen atoms in total. The lowest BCUT2D eigenvalue weighted by Gasteiger charge is -2.17. The third-order valence-corrected chi connectivity index (χ3v) is 10.3. The summed E-state index contributed by atoms with van der Waals surface area (Å²) in [5.41, 5.74) is 5.89. The van der Waals surface area contributed by atoms with E-state index < -0.39 is 0 Å². The summed E-state index contributed by atoms with van der Waals surface area (Å²) >= 11 is 2.70. The number of rotatable bonds is 6. The number of aromatic nitrogens is 1. The number of hydrogen-bond donors (Lipinski definition) is 0. The number of amides is 1. The zero-order valence-corrected chi connectivity index (χ0v) is 28.1. The van der Waals surface area contributed by atoms with E-state index in [2.05, 4.69) is 6.07 Å². The van der Waals surface area contributed by atoms with Crippen LogP contribution >= 0.6 is 23.5 Å². The largest absolute Gasteiger partial charge is 0.274 e. The molecule has 8 rings (SSSR count). The first-order valence-electron chi connectivity index (χ1n) is 15.8. The van der Waals surface area contributed by atoms with Gasteiger partial charge < -0.3 is 0 Å². The highest BCUT2D eigenvalue weighted by Gasteiger charge is 2.41. The molecule has 1 aromatic heterocycles. The van der Waals surface area contributed by atoms with Gasteiger partial charge in [0.1, 0.15) is 26.6 Å². The van der Waals surface area contributed by atoms with Crippen LogP contribution in [-0.4, -0.2) is 21.1 Å². The summed E-state index contributed by atoms with van der Waals surface area (Å²) in [7, 11) is 0. The summed E-state index contributed by atoms with van der Waals surface area (Å²) in [5.74, 6) is -0.00991. The second-order valence-electron chi connectivity index (χ2n) is 11.2. The van der Waals surface area contributed by atoms with Crippen LogP contribution in [0.1, 0.15) is 11.1 Å². The SMILES string of the molecule is N#Cc1c(-c2ccccc2)cc(-c2ccccc2)nc1/N=C1\S/C(=C2\SC(c3ccccc3)=NN2c2ccccc2)C(=O)N1c1ccccc1. The average molecular weight is 683 g/mol. The van der Waals surface area contributed by atoms with Gasteiger partial charge in [-0.1, -0.05) is 127 Å². The van der Waals surface area contributed by atoms with E-state index in [0.717, 1.165) is 27.4 Å². The molecule has 6 aromatic rings. The molecule has 238 valence electrons. The van der Waals surface area contributed by atoms with E-state index in [1.807, 2.05) is 163 Å². The van der Waals surface area contributed by atoms with E-state index in [1.165, 1.54) is 23.5 Å². The first-order chi connectivity index (χ1) is 24.7. The quantitative estimate of drug-likeness (QED) is 0.163. The Bertz CT molecular complexity index is 2340. The van der Waals surface area contributed by atoms with Gasteiger partial charge in [-0.25, -0.2) is 15.0 Å². The van der Waals surface area contributed by atoms with Crippen LogP contribution in [0.3, 0.4) is 0 Å². The molecule has 2 aliphatic rings. The minimum absolute atomic E-state index is 0.232. The number of benzene rings is 5. The number of nitriles is 1. The summed E-state index contributed by atoms with van der Waals surface area (Å²) in [6, 6.07) is 53.0. The third-order valence-electron chi connectivity index (χ3n) is 8.06. The number of carbonyl (C=O) groups excluding carboxylic acids is 1. The molecular formula is C41H26N6OS2. The average Bonchev–Trinajstić information content (AvgIpc) is 3.77. The van der Waals surface area contributed by atoms with E-state index in [4.69, 9.17) is 15.1 Å². The topological polar surface area (TPSA) is 85.0 Å². The second kappa shape index (κ2) is 13.7. The maximum Gasteiger partial charge on any atom is 0.274 e. The zero-order valence-electron chi connectivity index (χ0n) is 26.4. The highest BCUT2D eigenvalue weighted by Crippen LogP contribution is 2.46. The van der Waals surface area contributed by atoms with Crippen LogP contribution in [0.2, 0.25) is 0 Å². The Kier molecular flexibility index (Phi) is 8.53. The van der Waals surface area contributed by atoms with Crippen molar-refractivity contribution in [1.82, 2.24) is 4.98 Å². The first-order valence-corrected chi connectivity index (χ1v) is 17.4. The molecular weight excluding hydrogens is 657 g/mol. The molecule has 9 heteroatoms. The molecule has 0 radical (unpaired) electrons. The monoisotopic (exact) mass is 682 g/mol. The molecule has 2 aliphatic heterocycles. The van der Waals surface area contributed by atoms with Gasteiger partial charge in [-0.2, -0.15) is 10.4 Å². The molecule has 0 saturated carbocycles. The zero-order chi connectivity index (χ0) is 33.9. The smallest absolute Gasteiger partial charge is 0.267 e. The normalized spacial score (nSPS) is 16.5. The van der Waals surface area contributed by atoms with Crippen molar-refractivity contribution in [3.63, 3.8) is 0 Å². The van der Waals surface area contributed by atoms with Gasteiger partial charge in [0, 0.05) is 16.7 Å². The fourth-order valence-corrected chi connectivity index (χ4v) is 7.84. The number of pyridine rings is 1. The van der Waals surface area contributed by atoms with Gasteiger partial charge in [0.05, 0.1) is 17.1 Å². The molecule has 0 bridgehead atoms. The molecule has 1 amide bonds. The van der Waals surface area contributed by atoms with Crippen molar-refractivity contribution in [2.75, 3.05) is 9.91 Å². The molecule has 50 heavy (non-hydrogen) atoms. The lowest BCUT2D eigenvalue weighted by Crippen LogP contribution is -2.29. The maximum atomic E-state index is 14.6. The van der Waals surface area contributed by atoms with E-state index in [-0.39, 0.29) is 11.7 Å². The summed E-state index contributed by atoms with van der Waals surface area (Å²) in [6.45, 7) is 0. The Morgan fingerprint density at radius 2 is 1.18 bits per heavy atom. The van der Waals surface area contributed by atoms with Crippen LogP contribution in [0.5, 0.6) is 0 Å². The van der Waals surface area contributed by atoms with E-state index in [9.17, 15) is 10.1 Å². The molecule has 0 unspecified atom stereocenters. The Hall–Kier alpha value is -6.21. The lowest BCUT2D eigenvalue weighted by molar-refractivity contribution is -0.113. The van der Waals surface area contributed by atoms with Crippen molar-refractivity contribution in [3.05, 3.63) is 179 Å². The van der Waals surface area contributed by atoms with Gasteiger partial charge in [-0.3, -0.25) is 9.69 Å². The summed E-state index contributed by atoms with van der Waals surface area (Å²) in [6.07, 6.45) is 0. The number of para-hydroxylation sites is 2. The predicted octanol–water partition coefficient (Wildman–Crippen LogP) is 9.84. The lowest BCUT2D eigenvalue weighted by atomic mass is 9.98. The van der Waals surface area contributed by atoms with Crippen LogP contribution in [0.15, 0.2) is 178 Å².